The van der Waals surface area contributed by atoms with Gasteiger partial charge in [0.25, 0.3) is 0 Å². The Morgan fingerprint density at radius 3 is 2.10 bits per heavy atom. The van der Waals surface area contributed by atoms with E-state index < -0.39 is 6.10 Å². The Bertz CT molecular complexity index is 1530. The number of Topliss-reactive ketones (excluding diaryl/α,β-unsaturated/α-hetero) is 2. The fraction of sp³-hybridized carbons (Fsp3) is 0.161. The van der Waals surface area contributed by atoms with Crippen LogP contribution in [0.3, 0.4) is 0 Å². The van der Waals surface area contributed by atoms with Crippen LogP contribution in [0.1, 0.15) is 56.9 Å². The van der Waals surface area contributed by atoms with Gasteiger partial charge in [0, 0.05) is 12.1 Å². The Kier molecular flexibility index (Phi) is 7.10. The number of aromatic hydroxyl groups is 3. The second kappa shape index (κ2) is 10.8. The maximum absolute atomic E-state index is 12.2. The van der Waals surface area contributed by atoms with Crippen molar-refractivity contribution in [3.05, 3.63) is 107 Å². The standard InChI is InChI=1S/C16H14O6.C15H12O2/c1-21-13-3-2-8(4-10(13)18)14-7-12(20)16-11(19)5-9(17)6-15(16)22-14;16-13-10-15(11-6-2-1-3-7-11)17-14-9-5-4-8-12(13)14/h2-6,14,17-19H,7H2,1H3;1-9,15H,10H2/t14-;/m0./s1. The fourth-order valence-electron chi connectivity index (χ4n) is 4.65. The normalized spacial score (nSPS) is 17.5. The first-order chi connectivity index (χ1) is 18.8. The molecule has 0 spiro atoms. The molecule has 1 unspecified atom stereocenters. The summed E-state index contributed by atoms with van der Waals surface area (Å²) in [6.45, 7) is 0. The number of ketones is 2. The molecular formula is C31H26O8. The van der Waals surface area contributed by atoms with Gasteiger partial charge in [-0.15, -0.1) is 0 Å². The molecule has 0 aliphatic carbocycles. The molecule has 2 aliphatic heterocycles. The van der Waals surface area contributed by atoms with Crippen LogP contribution >= 0.6 is 0 Å². The quantitative estimate of drug-likeness (QED) is 0.301. The maximum Gasteiger partial charge on any atom is 0.174 e. The minimum Gasteiger partial charge on any atom is -0.508 e. The molecule has 0 amide bonds. The van der Waals surface area contributed by atoms with Gasteiger partial charge in [-0.05, 0) is 35.4 Å². The molecule has 198 valence electrons. The molecule has 2 atom stereocenters. The molecule has 0 saturated carbocycles. The molecule has 6 rings (SSSR count). The zero-order valence-electron chi connectivity index (χ0n) is 21.0. The minimum atomic E-state index is -0.613. The number of hydrogen-bond acceptors (Lipinski definition) is 8. The first-order valence-corrected chi connectivity index (χ1v) is 12.3. The second-order valence-corrected chi connectivity index (χ2v) is 9.14. The number of para-hydroxylation sites is 1. The van der Waals surface area contributed by atoms with Gasteiger partial charge in [-0.1, -0.05) is 48.5 Å². The predicted octanol–water partition coefficient (Wildman–Crippen LogP) is 5.91. The first-order valence-electron chi connectivity index (χ1n) is 12.3. The number of benzene rings is 4. The number of hydrogen-bond donors (Lipinski definition) is 3. The van der Waals surface area contributed by atoms with Crippen molar-refractivity contribution in [3.63, 3.8) is 0 Å². The lowest BCUT2D eigenvalue weighted by Crippen LogP contribution is -2.20. The number of carbonyl (C=O) groups is 2. The Labute approximate surface area is 224 Å². The zero-order chi connectivity index (χ0) is 27.5. The summed E-state index contributed by atoms with van der Waals surface area (Å²) in [6.07, 6.45) is -0.324. The van der Waals surface area contributed by atoms with Crippen LogP contribution in [0.25, 0.3) is 0 Å². The maximum atomic E-state index is 12.2. The van der Waals surface area contributed by atoms with Crippen molar-refractivity contribution in [3.8, 4) is 34.5 Å². The highest BCUT2D eigenvalue weighted by atomic mass is 16.5. The Balaban J connectivity index is 0.000000163. The summed E-state index contributed by atoms with van der Waals surface area (Å²) in [4.78, 5) is 24.2. The number of methoxy groups -OCH3 is 1. The van der Waals surface area contributed by atoms with Gasteiger partial charge in [-0.25, -0.2) is 0 Å². The molecule has 39 heavy (non-hydrogen) atoms. The van der Waals surface area contributed by atoms with E-state index in [0.29, 0.717) is 29.0 Å². The zero-order valence-corrected chi connectivity index (χ0v) is 21.0. The van der Waals surface area contributed by atoms with Crippen LogP contribution < -0.4 is 14.2 Å². The summed E-state index contributed by atoms with van der Waals surface area (Å²) in [5.41, 5.74) is 2.40. The molecule has 2 heterocycles. The number of carbonyl (C=O) groups excluding carboxylic acids is 2. The number of rotatable bonds is 3. The fourth-order valence-corrected chi connectivity index (χ4v) is 4.65. The third-order valence-corrected chi connectivity index (χ3v) is 6.56. The van der Waals surface area contributed by atoms with Crippen LogP contribution in [-0.4, -0.2) is 34.0 Å². The molecule has 4 aromatic carbocycles. The van der Waals surface area contributed by atoms with Crippen LogP contribution in [0.15, 0.2) is 84.9 Å². The smallest absolute Gasteiger partial charge is 0.174 e. The van der Waals surface area contributed by atoms with E-state index in [2.05, 4.69) is 0 Å². The number of phenols is 3. The molecule has 0 radical (unpaired) electrons. The van der Waals surface area contributed by atoms with Crippen molar-refractivity contribution in [2.24, 2.45) is 0 Å². The summed E-state index contributed by atoms with van der Waals surface area (Å²) in [6, 6.07) is 24.4. The largest absolute Gasteiger partial charge is 0.508 e. The lowest BCUT2D eigenvalue weighted by atomic mass is 9.95. The van der Waals surface area contributed by atoms with Crippen LogP contribution in [0.2, 0.25) is 0 Å². The number of phenolic OH excluding ortho intramolecular Hbond substituents is 3. The van der Waals surface area contributed by atoms with E-state index in [4.69, 9.17) is 14.2 Å². The average molecular weight is 527 g/mol. The molecule has 4 aromatic rings. The Morgan fingerprint density at radius 1 is 0.692 bits per heavy atom. The molecule has 2 aliphatic rings. The van der Waals surface area contributed by atoms with Gasteiger partial charge in [-0.2, -0.15) is 0 Å². The van der Waals surface area contributed by atoms with E-state index in [1.54, 1.807) is 12.1 Å². The van der Waals surface area contributed by atoms with Crippen LogP contribution in [0.4, 0.5) is 0 Å². The average Bonchev–Trinajstić information content (AvgIpc) is 2.93. The van der Waals surface area contributed by atoms with Gasteiger partial charge >= 0.3 is 0 Å². The number of ether oxygens (including phenoxy) is 3. The highest BCUT2D eigenvalue weighted by molar-refractivity contribution is 6.02. The van der Waals surface area contributed by atoms with Crippen LogP contribution in [0, 0.1) is 0 Å². The summed E-state index contributed by atoms with van der Waals surface area (Å²) < 4.78 is 16.5. The molecule has 8 nitrogen and oxygen atoms in total. The van der Waals surface area contributed by atoms with Gasteiger partial charge in [0.1, 0.15) is 40.8 Å². The molecule has 0 saturated heterocycles. The molecular weight excluding hydrogens is 500 g/mol. The van der Waals surface area contributed by atoms with E-state index in [-0.39, 0.29) is 52.7 Å². The summed E-state index contributed by atoms with van der Waals surface area (Å²) in [5.74, 6) is 0.437. The van der Waals surface area contributed by atoms with Crippen molar-refractivity contribution in [2.75, 3.05) is 7.11 Å². The predicted molar refractivity (Wildman–Crippen MR) is 142 cm³/mol. The molecule has 8 heteroatoms. The topological polar surface area (TPSA) is 123 Å². The highest BCUT2D eigenvalue weighted by Gasteiger charge is 2.31. The van der Waals surface area contributed by atoms with E-state index >= 15 is 0 Å². The number of fused-ring (bicyclic) bond motifs is 2. The third kappa shape index (κ3) is 5.36. The minimum absolute atomic E-state index is 0.0249. The highest BCUT2D eigenvalue weighted by Crippen LogP contribution is 2.42. The molecule has 0 bridgehead atoms. The van der Waals surface area contributed by atoms with E-state index in [9.17, 15) is 24.9 Å². The van der Waals surface area contributed by atoms with Gasteiger partial charge < -0.3 is 29.5 Å². The third-order valence-electron chi connectivity index (χ3n) is 6.56. The van der Waals surface area contributed by atoms with Gasteiger partial charge in [0.15, 0.2) is 23.1 Å². The Hall–Kier alpha value is -4.98. The monoisotopic (exact) mass is 526 g/mol. The van der Waals surface area contributed by atoms with Gasteiger partial charge in [-0.3, -0.25) is 9.59 Å². The van der Waals surface area contributed by atoms with Crippen molar-refractivity contribution in [2.45, 2.75) is 25.0 Å². The first kappa shape index (κ1) is 25.7. The lowest BCUT2D eigenvalue weighted by Gasteiger charge is -2.26. The van der Waals surface area contributed by atoms with Crippen molar-refractivity contribution in [1.29, 1.82) is 0 Å². The lowest BCUT2D eigenvalue weighted by molar-refractivity contribution is 0.0837. The second-order valence-electron chi connectivity index (χ2n) is 9.14. The molecule has 3 N–H and O–H groups in total. The van der Waals surface area contributed by atoms with Crippen molar-refractivity contribution < 1.29 is 39.1 Å². The Morgan fingerprint density at radius 2 is 1.36 bits per heavy atom. The van der Waals surface area contributed by atoms with Gasteiger partial charge in [0.2, 0.25) is 0 Å². The van der Waals surface area contributed by atoms with Crippen LogP contribution in [-0.2, 0) is 0 Å². The van der Waals surface area contributed by atoms with E-state index in [0.717, 1.165) is 11.6 Å². The van der Waals surface area contributed by atoms with Crippen molar-refractivity contribution in [1.82, 2.24) is 0 Å². The van der Waals surface area contributed by atoms with Gasteiger partial charge in [0.05, 0.1) is 25.5 Å². The SMILES string of the molecule is COc1ccc([C@@H]2CC(=O)c3c(O)cc(O)cc3O2)cc1O.O=C1CC(c2ccccc2)Oc2ccccc21. The summed E-state index contributed by atoms with van der Waals surface area (Å²) in [7, 11) is 1.44. The molecule has 0 fully saturated rings. The van der Waals surface area contributed by atoms with E-state index in [1.165, 1.54) is 19.2 Å². The summed E-state index contributed by atoms with van der Waals surface area (Å²) >= 11 is 0. The summed E-state index contributed by atoms with van der Waals surface area (Å²) in [5, 5.41) is 29.1. The van der Waals surface area contributed by atoms with Crippen molar-refractivity contribution >= 4 is 11.6 Å². The van der Waals surface area contributed by atoms with Crippen LogP contribution in [0.5, 0.6) is 34.5 Å². The molecule has 0 aromatic heterocycles. The van der Waals surface area contributed by atoms with E-state index in [1.807, 2.05) is 54.6 Å².